The van der Waals surface area contributed by atoms with Gasteiger partial charge in [0.25, 0.3) is 0 Å². The molecule has 3 rings (SSSR count). The topological polar surface area (TPSA) is 32.3 Å². The van der Waals surface area contributed by atoms with E-state index in [-0.39, 0.29) is 0 Å². The van der Waals surface area contributed by atoms with E-state index in [0.717, 1.165) is 29.3 Å². The fraction of sp³-hybridized carbons (Fsp3) is 0.692. The fourth-order valence-corrected chi connectivity index (χ4v) is 2.87. The van der Waals surface area contributed by atoms with Crippen LogP contribution in [0.15, 0.2) is 10.7 Å². The predicted molar refractivity (Wildman–Crippen MR) is 76.0 cm³/mol. The second-order valence-corrected chi connectivity index (χ2v) is 6.35. The minimum atomic E-state index is 0.605. The molecule has 0 N–H and O–H groups in total. The SMILES string of the molecule is CN(C)C1CCN(c2cc(Br)nc(C3CC3)n2)C1. The number of likely N-dealkylation sites (N-methyl/N-ethyl adjacent to an activating group) is 1. The molecule has 1 aliphatic carbocycles. The van der Waals surface area contributed by atoms with Gasteiger partial charge in [-0.1, -0.05) is 0 Å². The van der Waals surface area contributed by atoms with Crippen molar-refractivity contribution >= 4 is 21.7 Å². The molecule has 1 atom stereocenters. The van der Waals surface area contributed by atoms with E-state index in [9.17, 15) is 0 Å². The molecule has 0 radical (unpaired) electrons. The molecular weight excluding hydrogens is 292 g/mol. The van der Waals surface area contributed by atoms with Crippen molar-refractivity contribution in [1.82, 2.24) is 14.9 Å². The molecule has 18 heavy (non-hydrogen) atoms. The summed E-state index contributed by atoms with van der Waals surface area (Å²) in [4.78, 5) is 13.9. The zero-order chi connectivity index (χ0) is 12.7. The van der Waals surface area contributed by atoms with Gasteiger partial charge >= 0.3 is 0 Å². The number of aromatic nitrogens is 2. The minimum Gasteiger partial charge on any atom is -0.355 e. The van der Waals surface area contributed by atoms with Crippen molar-refractivity contribution < 1.29 is 0 Å². The van der Waals surface area contributed by atoms with E-state index in [0.29, 0.717) is 12.0 Å². The van der Waals surface area contributed by atoms with Crippen molar-refractivity contribution in [2.24, 2.45) is 0 Å². The zero-order valence-electron chi connectivity index (χ0n) is 10.9. The van der Waals surface area contributed by atoms with Crippen molar-refractivity contribution in [3.05, 3.63) is 16.5 Å². The van der Waals surface area contributed by atoms with Crippen molar-refractivity contribution in [2.75, 3.05) is 32.1 Å². The van der Waals surface area contributed by atoms with E-state index in [1.54, 1.807) is 0 Å². The summed E-state index contributed by atoms with van der Waals surface area (Å²) in [6.45, 7) is 2.16. The van der Waals surface area contributed by atoms with Gasteiger partial charge < -0.3 is 9.80 Å². The Balaban J connectivity index is 1.79. The predicted octanol–water partition coefficient (Wildman–Crippen LogP) is 2.26. The lowest BCUT2D eigenvalue weighted by Gasteiger charge is -2.21. The lowest BCUT2D eigenvalue weighted by atomic mass is 10.2. The van der Waals surface area contributed by atoms with Crippen LogP contribution in [-0.2, 0) is 0 Å². The number of hydrogen-bond acceptors (Lipinski definition) is 4. The Kier molecular flexibility index (Phi) is 3.28. The monoisotopic (exact) mass is 310 g/mol. The van der Waals surface area contributed by atoms with Crippen LogP contribution in [0.3, 0.4) is 0 Å². The molecule has 1 saturated carbocycles. The van der Waals surface area contributed by atoms with Gasteiger partial charge in [0.15, 0.2) is 0 Å². The first-order valence-electron chi connectivity index (χ1n) is 6.59. The third-order valence-corrected chi connectivity index (χ3v) is 4.27. The van der Waals surface area contributed by atoms with Gasteiger partial charge in [-0.15, -0.1) is 0 Å². The lowest BCUT2D eigenvalue weighted by molar-refractivity contribution is 0.315. The minimum absolute atomic E-state index is 0.605. The van der Waals surface area contributed by atoms with E-state index < -0.39 is 0 Å². The van der Waals surface area contributed by atoms with Crippen LogP contribution in [0, 0.1) is 0 Å². The van der Waals surface area contributed by atoms with Gasteiger partial charge in [0.2, 0.25) is 0 Å². The first-order chi connectivity index (χ1) is 8.63. The lowest BCUT2D eigenvalue weighted by Crippen LogP contribution is -2.31. The number of anilines is 1. The highest BCUT2D eigenvalue weighted by Crippen LogP contribution is 2.39. The van der Waals surface area contributed by atoms with Gasteiger partial charge in [0.1, 0.15) is 16.2 Å². The van der Waals surface area contributed by atoms with E-state index >= 15 is 0 Å². The summed E-state index contributed by atoms with van der Waals surface area (Å²) in [5, 5.41) is 0. The summed E-state index contributed by atoms with van der Waals surface area (Å²) in [6, 6.07) is 2.69. The number of rotatable bonds is 3. The molecule has 0 bridgehead atoms. The van der Waals surface area contributed by atoms with Crippen molar-refractivity contribution in [3.63, 3.8) is 0 Å². The van der Waals surface area contributed by atoms with Gasteiger partial charge in [-0.05, 0) is 49.3 Å². The molecular formula is C13H19BrN4. The van der Waals surface area contributed by atoms with Gasteiger partial charge in [0, 0.05) is 31.1 Å². The molecule has 0 amide bonds. The van der Waals surface area contributed by atoms with Crippen LogP contribution in [0.5, 0.6) is 0 Å². The molecule has 2 heterocycles. The number of halogens is 1. The second kappa shape index (κ2) is 4.78. The van der Waals surface area contributed by atoms with Gasteiger partial charge in [0.05, 0.1) is 0 Å². The first-order valence-corrected chi connectivity index (χ1v) is 7.38. The molecule has 4 nitrogen and oxygen atoms in total. The van der Waals surface area contributed by atoms with Crippen LogP contribution in [-0.4, -0.2) is 48.1 Å². The van der Waals surface area contributed by atoms with Gasteiger partial charge in [-0.2, -0.15) is 0 Å². The van der Waals surface area contributed by atoms with E-state index in [2.05, 4.69) is 44.8 Å². The first kappa shape index (κ1) is 12.4. The van der Waals surface area contributed by atoms with Crippen LogP contribution < -0.4 is 4.90 Å². The molecule has 98 valence electrons. The van der Waals surface area contributed by atoms with Crippen molar-refractivity contribution in [3.8, 4) is 0 Å². The van der Waals surface area contributed by atoms with Gasteiger partial charge in [-0.25, -0.2) is 9.97 Å². The van der Waals surface area contributed by atoms with E-state index in [4.69, 9.17) is 4.98 Å². The van der Waals surface area contributed by atoms with Crippen LogP contribution >= 0.6 is 15.9 Å². The van der Waals surface area contributed by atoms with Crippen LogP contribution in [0.2, 0.25) is 0 Å². The summed E-state index contributed by atoms with van der Waals surface area (Å²) in [5.41, 5.74) is 0. The molecule has 5 heteroatoms. The summed E-state index contributed by atoms with van der Waals surface area (Å²) >= 11 is 3.51. The Morgan fingerprint density at radius 2 is 2.06 bits per heavy atom. The summed E-state index contributed by atoms with van der Waals surface area (Å²) < 4.78 is 0.919. The number of hydrogen-bond donors (Lipinski definition) is 0. The molecule has 1 aliphatic heterocycles. The summed E-state index contributed by atoms with van der Waals surface area (Å²) in [7, 11) is 4.30. The van der Waals surface area contributed by atoms with Crippen molar-refractivity contribution in [2.45, 2.75) is 31.2 Å². The highest BCUT2D eigenvalue weighted by molar-refractivity contribution is 9.10. The summed E-state index contributed by atoms with van der Waals surface area (Å²) in [6.07, 6.45) is 3.71. The standard InChI is InChI=1S/C13H19BrN4/c1-17(2)10-5-6-18(8-10)12-7-11(14)15-13(16-12)9-3-4-9/h7,9-10H,3-6,8H2,1-2H3. The number of nitrogens with zero attached hydrogens (tertiary/aromatic N) is 4. The highest BCUT2D eigenvalue weighted by Gasteiger charge is 2.29. The fourth-order valence-electron chi connectivity index (χ4n) is 2.48. The second-order valence-electron chi connectivity index (χ2n) is 5.53. The maximum Gasteiger partial charge on any atom is 0.135 e. The Labute approximate surface area is 117 Å². The zero-order valence-corrected chi connectivity index (χ0v) is 12.5. The summed E-state index contributed by atoms with van der Waals surface area (Å²) in [5.74, 6) is 2.71. The van der Waals surface area contributed by atoms with Crippen LogP contribution in [0.1, 0.15) is 31.0 Å². The Hall–Kier alpha value is -0.680. The average Bonchev–Trinajstić information content (AvgIpc) is 3.05. The Morgan fingerprint density at radius 1 is 1.28 bits per heavy atom. The normalized spacial score (nSPS) is 24.0. The van der Waals surface area contributed by atoms with E-state index in [1.165, 1.54) is 19.3 Å². The molecule has 1 saturated heterocycles. The van der Waals surface area contributed by atoms with Crippen LogP contribution in [0.25, 0.3) is 0 Å². The quantitative estimate of drug-likeness (QED) is 0.802. The Morgan fingerprint density at radius 3 is 2.67 bits per heavy atom. The molecule has 1 aromatic rings. The molecule has 2 fully saturated rings. The maximum atomic E-state index is 4.74. The molecule has 1 aromatic heterocycles. The molecule has 0 aromatic carbocycles. The third kappa shape index (κ3) is 2.52. The Bertz CT molecular complexity index is 445. The largest absolute Gasteiger partial charge is 0.355 e. The van der Waals surface area contributed by atoms with Gasteiger partial charge in [-0.3, -0.25) is 0 Å². The smallest absolute Gasteiger partial charge is 0.135 e. The average molecular weight is 311 g/mol. The molecule has 0 spiro atoms. The highest BCUT2D eigenvalue weighted by atomic mass is 79.9. The molecule has 2 aliphatic rings. The van der Waals surface area contributed by atoms with E-state index in [1.807, 2.05) is 6.07 Å². The third-order valence-electron chi connectivity index (χ3n) is 3.86. The maximum absolute atomic E-state index is 4.74. The molecule has 1 unspecified atom stereocenters. The van der Waals surface area contributed by atoms with Crippen LogP contribution in [0.4, 0.5) is 5.82 Å². The van der Waals surface area contributed by atoms with Crippen molar-refractivity contribution in [1.29, 1.82) is 0 Å².